The highest BCUT2D eigenvalue weighted by Gasteiger charge is 2.35. The lowest BCUT2D eigenvalue weighted by atomic mass is 10.0. The smallest absolute Gasteiger partial charge is 0.306 e. The van der Waals surface area contributed by atoms with Crippen molar-refractivity contribution in [3.8, 4) is 0 Å². The third-order valence-corrected chi connectivity index (χ3v) is 4.12. The van der Waals surface area contributed by atoms with E-state index in [0.29, 0.717) is 24.8 Å². The predicted molar refractivity (Wildman–Crippen MR) is 76.1 cm³/mol. The van der Waals surface area contributed by atoms with Crippen molar-refractivity contribution in [2.45, 2.75) is 32.7 Å². The monoisotopic (exact) mass is 293 g/mol. The highest BCUT2D eigenvalue weighted by Crippen LogP contribution is 2.32. The van der Waals surface area contributed by atoms with Crippen LogP contribution in [0.1, 0.15) is 30.4 Å². The first-order valence-corrected chi connectivity index (χ1v) is 7.11. The van der Waals surface area contributed by atoms with E-state index in [4.69, 9.17) is 5.11 Å². The first-order chi connectivity index (χ1) is 9.88. The summed E-state index contributed by atoms with van der Waals surface area (Å²) >= 11 is 0. The SMILES string of the molecule is Cc1ccc(F)c(CN(C)C(=O)[C@@H]2CC[C@H](C(=O)O)C2)c1. The molecule has 1 N–H and O–H groups in total. The van der Waals surface area contributed by atoms with E-state index in [-0.39, 0.29) is 24.2 Å². The lowest BCUT2D eigenvalue weighted by Crippen LogP contribution is -2.32. The first kappa shape index (κ1) is 15.5. The van der Waals surface area contributed by atoms with E-state index in [1.54, 1.807) is 19.2 Å². The Kier molecular flexibility index (Phi) is 4.60. The Morgan fingerprint density at radius 1 is 1.33 bits per heavy atom. The quantitative estimate of drug-likeness (QED) is 0.928. The summed E-state index contributed by atoms with van der Waals surface area (Å²) in [6.07, 6.45) is 1.52. The maximum Gasteiger partial charge on any atom is 0.306 e. The summed E-state index contributed by atoms with van der Waals surface area (Å²) in [5.74, 6) is -1.94. The molecule has 2 rings (SSSR count). The van der Waals surface area contributed by atoms with E-state index < -0.39 is 11.9 Å². The van der Waals surface area contributed by atoms with Crippen LogP contribution in [-0.4, -0.2) is 28.9 Å². The van der Waals surface area contributed by atoms with E-state index >= 15 is 0 Å². The zero-order valence-electron chi connectivity index (χ0n) is 12.3. The Bertz CT molecular complexity index is 558. The number of benzene rings is 1. The molecule has 114 valence electrons. The number of aryl methyl sites for hydroxylation is 1. The number of halogens is 1. The van der Waals surface area contributed by atoms with Crippen LogP contribution in [0.4, 0.5) is 4.39 Å². The Labute approximate surface area is 123 Å². The van der Waals surface area contributed by atoms with Crippen LogP contribution < -0.4 is 0 Å². The molecule has 1 aromatic carbocycles. The van der Waals surface area contributed by atoms with Gasteiger partial charge in [0.15, 0.2) is 0 Å². The van der Waals surface area contributed by atoms with Crippen LogP contribution in [0, 0.1) is 24.6 Å². The van der Waals surface area contributed by atoms with Gasteiger partial charge in [-0.1, -0.05) is 17.7 Å². The molecule has 1 amide bonds. The van der Waals surface area contributed by atoms with E-state index in [1.165, 1.54) is 11.0 Å². The summed E-state index contributed by atoms with van der Waals surface area (Å²) in [5, 5.41) is 8.98. The van der Waals surface area contributed by atoms with Crippen molar-refractivity contribution in [3.05, 3.63) is 35.1 Å². The van der Waals surface area contributed by atoms with E-state index in [1.807, 2.05) is 6.92 Å². The van der Waals surface area contributed by atoms with E-state index in [9.17, 15) is 14.0 Å². The molecule has 21 heavy (non-hydrogen) atoms. The van der Waals surface area contributed by atoms with Crippen molar-refractivity contribution in [3.63, 3.8) is 0 Å². The van der Waals surface area contributed by atoms with E-state index in [2.05, 4.69) is 0 Å². The lowest BCUT2D eigenvalue weighted by Gasteiger charge is -2.21. The molecule has 0 unspecified atom stereocenters. The fraction of sp³-hybridized carbons (Fsp3) is 0.500. The minimum absolute atomic E-state index is 0.0975. The zero-order chi connectivity index (χ0) is 15.6. The number of nitrogens with zero attached hydrogens (tertiary/aromatic N) is 1. The Morgan fingerprint density at radius 3 is 2.62 bits per heavy atom. The van der Waals surface area contributed by atoms with Crippen LogP contribution in [0.15, 0.2) is 18.2 Å². The topological polar surface area (TPSA) is 57.6 Å². The normalized spacial score (nSPS) is 21.3. The predicted octanol–water partition coefficient (Wildman–Crippen LogP) is 2.59. The molecule has 2 atom stereocenters. The largest absolute Gasteiger partial charge is 0.481 e. The van der Waals surface area contributed by atoms with Gasteiger partial charge in [0.05, 0.1) is 5.92 Å². The third-order valence-electron chi connectivity index (χ3n) is 4.12. The highest BCUT2D eigenvalue weighted by atomic mass is 19.1. The highest BCUT2D eigenvalue weighted by molar-refractivity contribution is 5.80. The first-order valence-electron chi connectivity index (χ1n) is 7.11. The molecule has 0 aromatic heterocycles. The molecular weight excluding hydrogens is 273 g/mol. The Balaban J connectivity index is 2.00. The second-order valence-electron chi connectivity index (χ2n) is 5.83. The van der Waals surface area contributed by atoms with Crippen LogP contribution in [0.2, 0.25) is 0 Å². The summed E-state index contributed by atoms with van der Waals surface area (Å²) in [4.78, 5) is 24.8. The minimum atomic E-state index is -0.835. The number of aliphatic carboxylic acids is 1. The molecule has 0 heterocycles. The van der Waals surface area contributed by atoms with Gasteiger partial charge >= 0.3 is 5.97 Å². The molecule has 0 saturated heterocycles. The van der Waals surface area contributed by atoms with Crippen LogP contribution in [0.3, 0.4) is 0 Å². The van der Waals surface area contributed by atoms with Gasteiger partial charge in [-0.15, -0.1) is 0 Å². The molecule has 1 aliphatic carbocycles. The molecule has 0 bridgehead atoms. The summed E-state index contributed by atoms with van der Waals surface area (Å²) in [5.41, 5.74) is 1.43. The number of carbonyl (C=O) groups excluding carboxylic acids is 1. The van der Waals surface area contributed by atoms with Gasteiger partial charge in [0.2, 0.25) is 5.91 Å². The van der Waals surface area contributed by atoms with Gasteiger partial charge < -0.3 is 10.0 Å². The van der Waals surface area contributed by atoms with Gasteiger partial charge in [-0.2, -0.15) is 0 Å². The summed E-state index contributed by atoms with van der Waals surface area (Å²) in [6, 6.07) is 4.82. The van der Waals surface area contributed by atoms with Gasteiger partial charge in [-0.3, -0.25) is 9.59 Å². The average Bonchev–Trinajstić information content (AvgIpc) is 2.91. The van der Waals surface area contributed by atoms with Crippen molar-refractivity contribution in [1.29, 1.82) is 0 Å². The second kappa shape index (κ2) is 6.24. The zero-order valence-corrected chi connectivity index (χ0v) is 12.3. The second-order valence-corrected chi connectivity index (χ2v) is 5.83. The Morgan fingerprint density at radius 2 is 2.00 bits per heavy atom. The van der Waals surface area contributed by atoms with Crippen LogP contribution in [0.25, 0.3) is 0 Å². The summed E-state index contributed by atoms with van der Waals surface area (Å²) in [6.45, 7) is 2.08. The number of amides is 1. The fourth-order valence-corrected chi connectivity index (χ4v) is 2.90. The van der Waals surface area contributed by atoms with Gasteiger partial charge in [-0.25, -0.2) is 4.39 Å². The molecule has 0 spiro atoms. The molecule has 0 aliphatic heterocycles. The molecule has 0 radical (unpaired) electrons. The third kappa shape index (κ3) is 3.60. The number of hydrogen-bond acceptors (Lipinski definition) is 2. The molecule has 1 fully saturated rings. The molecule has 1 saturated carbocycles. The summed E-state index contributed by atoms with van der Waals surface area (Å²) < 4.78 is 13.7. The van der Waals surface area contributed by atoms with Crippen LogP contribution in [0.5, 0.6) is 0 Å². The molecule has 5 heteroatoms. The van der Waals surface area contributed by atoms with Crippen molar-refractivity contribution in [2.75, 3.05) is 7.05 Å². The molecule has 1 aliphatic rings. The van der Waals surface area contributed by atoms with Crippen molar-refractivity contribution < 1.29 is 19.1 Å². The standard InChI is InChI=1S/C16H20FNO3/c1-10-3-6-14(17)13(7-10)9-18(2)15(19)11-4-5-12(8-11)16(20)21/h3,6-7,11-12H,4-5,8-9H2,1-2H3,(H,20,21)/t11-,12+/m1/s1. The van der Waals surface area contributed by atoms with Crippen molar-refractivity contribution >= 4 is 11.9 Å². The number of hydrogen-bond donors (Lipinski definition) is 1. The van der Waals surface area contributed by atoms with Crippen molar-refractivity contribution in [1.82, 2.24) is 4.90 Å². The molecule has 4 nitrogen and oxygen atoms in total. The number of carboxylic acids is 1. The van der Waals surface area contributed by atoms with Crippen molar-refractivity contribution in [2.24, 2.45) is 11.8 Å². The van der Waals surface area contributed by atoms with Gasteiger partial charge in [0.1, 0.15) is 5.82 Å². The van der Waals surface area contributed by atoms with E-state index in [0.717, 1.165) is 5.56 Å². The van der Waals surface area contributed by atoms with Crippen LogP contribution >= 0.6 is 0 Å². The number of carboxylic acid groups (broad SMARTS) is 1. The van der Waals surface area contributed by atoms with Gasteiger partial charge in [0, 0.05) is 25.1 Å². The van der Waals surface area contributed by atoms with Gasteiger partial charge in [0.25, 0.3) is 0 Å². The molecule has 1 aromatic rings. The van der Waals surface area contributed by atoms with Crippen LogP contribution in [-0.2, 0) is 16.1 Å². The minimum Gasteiger partial charge on any atom is -0.481 e. The number of rotatable bonds is 4. The lowest BCUT2D eigenvalue weighted by molar-refractivity contribution is -0.141. The van der Waals surface area contributed by atoms with Gasteiger partial charge in [-0.05, 0) is 32.3 Å². The molecular formula is C16H20FNO3. The number of carbonyl (C=O) groups is 2. The summed E-state index contributed by atoms with van der Waals surface area (Å²) in [7, 11) is 1.64. The Hall–Kier alpha value is -1.91. The fourth-order valence-electron chi connectivity index (χ4n) is 2.90. The average molecular weight is 293 g/mol. The maximum absolute atomic E-state index is 13.7. The maximum atomic E-state index is 13.7.